The van der Waals surface area contributed by atoms with Gasteiger partial charge in [-0.1, -0.05) is 11.8 Å². The predicted molar refractivity (Wildman–Crippen MR) is 66.4 cm³/mol. The van der Waals surface area contributed by atoms with Gasteiger partial charge >= 0.3 is 0 Å². The van der Waals surface area contributed by atoms with E-state index in [1.165, 1.54) is 11.8 Å². The SMILES string of the molecule is CSC(N)=NNI.NNC(N)=S. The molecule has 0 aliphatic carbocycles. The van der Waals surface area contributed by atoms with Crippen LogP contribution in [0.3, 0.4) is 0 Å². The summed E-state index contributed by atoms with van der Waals surface area (Å²) in [5, 5.41) is 4.30. The molecule has 0 atom stereocenters. The number of hydrazine groups is 1. The Kier molecular flexibility index (Phi) is 13.3. The fraction of sp³-hybridized carbons (Fsp3) is 0.333. The largest absolute Gasteiger partial charge is 0.377 e. The monoisotopic (exact) mass is 322 g/mol. The van der Waals surface area contributed by atoms with Crippen LogP contribution in [0.4, 0.5) is 0 Å². The lowest BCUT2D eigenvalue weighted by Gasteiger charge is -1.88. The minimum atomic E-state index is 0.116. The molecular weight excluding hydrogens is 311 g/mol. The summed E-state index contributed by atoms with van der Waals surface area (Å²) in [6.45, 7) is 0. The van der Waals surface area contributed by atoms with Crippen molar-refractivity contribution in [1.29, 1.82) is 0 Å². The summed E-state index contributed by atoms with van der Waals surface area (Å²) in [5.41, 5.74) is 12.1. The second-order valence-electron chi connectivity index (χ2n) is 1.25. The van der Waals surface area contributed by atoms with Crippen molar-refractivity contribution in [3.8, 4) is 0 Å². The molecule has 0 saturated heterocycles. The molecule has 9 heteroatoms. The first-order valence-corrected chi connectivity index (χ1v) is 5.28. The van der Waals surface area contributed by atoms with Crippen LogP contribution in [0.2, 0.25) is 0 Å². The second-order valence-corrected chi connectivity index (χ2v) is 3.00. The Morgan fingerprint density at radius 2 is 2.00 bits per heavy atom. The third-order valence-electron chi connectivity index (χ3n) is 0.504. The minimum Gasteiger partial charge on any atom is -0.377 e. The van der Waals surface area contributed by atoms with Gasteiger partial charge in [-0.3, -0.25) is 0 Å². The molecule has 72 valence electrons. The van der Waals surface area contributed by atoms with Gasteiger partial charge in [0.15, 0.2) is 10.3 Å². The zero-order valence-corrected chi connectivity index (χ0v) is 10.2. The molecule has 0 amide bonds. The highest BCUT2D eigenvalue weighted by Gasteiger charge is 1.79. The van der Waals surface area contributed by atoms with Crippen LogP contribution in [0.15, 0.2) is 5.10 Å². The lowest BCUT2D eigenvalue weighted by atomic mass is 11.2. The Hall–Kier alpha value is -0.0000000000000000833. The third kappa shape index (κ3) is 16.5. The molecular formula is C3H11IN6S2. The molecule has 6 nitrogen and oxygen atoms in total. The summed E-state index contributed by atoms with van der Waals surface area (Å²) >= 11 is 7.54. The smallest absolute Gasteiger partial charge is 0.178 e. The van der Waals surface area contributed by atoms with Gasteiger partial charge in [0, 0.05) is 0 Å². The normalized spacial score (nSPS) is 9.42. The maximum atomic E-state index is 5.23. The van der Waals surface area contributed by atoms with E-state index < -0.39 is 0 Å². The maximum absolute atomic E-state index is 5.23. The molecule has 0 bridgehead atoms. The van der Waals surface area contributed by atoms with Crippen LogP contribution in [0.5, 0.6) is 0 Å². The lowest BCUT2D eigenvalue weighted by molar-refractivity contribution is 1.03. The Balaban J connectivity index is 0. The zero-order valence-electron chi connectivity index (χ0n) is 6.37. The van der Waals surface area contributed by atoms with Crippen LogP contribution in [0.25, 0.3) is 0 Å². The van der Waals surface area contributed by atoms with Crippen molar-refractivity contribution in [2.75, 3.05) is 6.26 Å². The molecule has 0 aromatic carbocycles. The van der Waals surface area contributed by atoms with Gasteiger partial charge in [0.2, 0.25) is 0 Å². The van der Waals surface area contributed by atoms with E-state index in [1.807, 2.05) is 34.5 Å². The number of thioether (sulfide) groups is 1. The zero-order chi connectivity index (χ0) is 9.98. The van der Waals surface area contributed by atoms with Gasteiger partial charge in [-0.2, -0.15) is 0 Å². The number of amidine groups is 1. The Bertz CT molecular complexity index is 150. The summed E-state index contributed by atoms with van der Waals surface area (Å²) in [6.07, 6.45) is 1.87. The summed E-state index contributed by atoms with van der Waals surface area (Å²) < 4.78 is 2.53. The van der Waals surface area contributed by atoms with Crippen molar-refractivity contribution in [1.82, 2.24) is 9.06 Å². The number of thiocarbonyl (C=S) groups is 1. The molecule has 12 heavy (non-hydrogen) atoms. The molecule has 0 heterocycles. The molecule has 0 aliphatic heterocycles. The van der Waals surface area contributed by atoms with E-state index >= 15 is 0 Å². The summed E-state index contributed by atoms with van der Waals surface area (Å²) in [6, 6.07) is 0. The van der Waals surface area contributed by atoms with E-state index in [4.69, 9.17) is 11.5 Å². The average molecular weight is 322 g/mol. The van der Waals surface area contributed by atoms with Crippen molar-refractivity contribution in [3.63, 3.8) is 0 Å². The number of halogens is 1. The van der Waals surface area contributed by atoms with Crippen molar-refractivity contribution in [2.45, 2.75) is 0 Å². The van der Waals surface area contributed by atoms with E-state index in [0.29, 0.717) is 5.17 Å². The number of hydrogen-bond donors (Lipinski definition) is 5. The molecule has 0 aromatic rings. The molecule has 8 N–H and O–H groups in total. The summed E-state index contributed by atoms with van der Waals surface area (Å²) in [4.78, 5) is 0. The van der Waals surface area contributed by atoms with Gasteiger partial charge in [-0.25, -0.2) is 9.48 Å². The van der Waals surface area contributed by atoms with Gasteiger partial charge in [0.25, 0.3) is 0 Å². The first-order chi connectivity index (χ1) is 5.58. The van der Waals surface area contributed by atoms with Crippen molar-refractivity contribution in [3.05, 3.63) is 0 Å². The van der Waals surface area contributed by atoms with Crippen LogP contribution in [0, 0.1) is 0 Å². The predicted octanol–water partition coefficient (Wildman–Crippen LogP) is -0.788. The fourth-order valence-electron chi connectivity index (χ4n) is 0.0873. The van der Waals surface area contributed by atoms with E-state index in [0.717, 1.165) is 0 Å². The molecule has 0 aromatic heterocycles. The van der Waals surface area contributed by atoms with Crippen molar-refractivity contribution < 1.29 is 0 Å². The van der Waals surface area contributed by atoms with Gasteiger partial charge in [0.1, 0.15) is 0 Å². The number of nitrogens with two attached hydrogens (primary N) is 3. The second kappa shape index (κ2) is 11.0. The number of hydrazone groups is 1. The fourth-order valence-corrected chi connectivity index (χ4v) is 0.648. The molecule has 0 unspecified atom stereocenters. The Labute approximate surface area is 94.5 Å². The molecule has 0 spiro atoms. The third-order valence-corrected chi connectivity index (χ3v) is 1.37. The van der Waals surface area contributed by atoms with Crippen molar-refractivity contribution >= 4 is 57.1 Å². The maximum Gasteiger partial charge on any atom is 0.178 e. The van der Waals surface area contributed by atoms with E-state index in [2.05, 4.69) is 26.8 Å². The average Bonchev–Trinajstić information content (AvgIpc) is 2.06. The first-order valence-electron chi connectivity index (χ1n) is 2.57. The van der Waals surface area contributed by atoms with Gasteiger partial charge in [0.05, 0.1) is 22.9 Å². The number of hydrogen-bond acceptors (Lipinski definition) is 5. The number of rotatable bonds is 1. The summed E-state index contributed by atoms with van der Waals surface area (Å²) in [7, 11) is 0. The standard InChI is InChI=1S/C2H6IN3S.CH5N3S/c1-7-2(4)5-6-3;2-1(5)4-3/h6H,1H3,(H2,4,5);3H2,(H3,2,4,5). The highest BCUT2D eigenvalue weighted by Crippen LogP contribution is 1.88. The highest BCUT2D eigenvalue weighted by atomic mass is 127. The van der Waals surface area contributed by atoms with E-state index in [1.54, 1.807) is 0 Å². The quantitative estimate of drug-likeness (QED) is 0.0818. The molecule has 0 radical (unpaired) electrons. The van der Waals surface area contributed by atoms with E-state index in [9.17, 15) is 0 Å². The van der Waals surface area contributed by atoms with E-state index in [-0.39, 0.29) is 5.11 Å². The molecule has 0 aliphatic rings. The van der Waals surface area contributed by atoms with Crippen LogP contribution in [0.1, 0.15) is 0 Å². The molecule has 0 fully saturated rings. The van der Waals surface area contributed by atoms with Crippen molar-refractivity contribution in [2.24, 2.45) is 22.4 Å². The van der Waals surface area contributed by atoms with Gasteiger partial charge < -0.3 is 16.9 Å². The number of nitrogens with zero attached hydrogens (tertiary/aromatic N) is 1. The number of nitrogens with one attached hydrogen (secondary N) is 2. The van der Waals surface area contributed by atoms with Crippen LogP contribution in [-0.4, -0.2) is 16.5 Å². The Morgan fingerprint density at radius 1 is 1.58 bits per heavy atom. The van der Waals surface area contributed by atoms with Gasteiger partial charge in [-0.15, -0.1) is 5.10 Å². The van der Waals surface area contributed by atoms with Gasteiger partial charge in [-0.05, 0) is 18.5 Å². The topological polar surface area (TPSA) is 114 Å². The van der Waals surface area contributed by atoms with Crippen LogP contribution < -0.4 is 26.4 Å². The Morgan fingerprint density at radius 3 is 2.08 bits per heavy atom. The minimum absolute atomic E-state index is 0.116. The lowest BCUT2D eigenvalue weighted by Crippen LogP contribution is -2.34. The molecule has 0 saturated carbocycles. The van der Waals surface area contributed by atoms with Crippen LogP contribution in [-0.2, 0) is 0 Å². The first kappa shape index (κ1) is 14.5. The highest BCUT2D eigenvalue weighted by molar-refractivity contribution is 14.1. The summed E-state index contributed by atoms with van der Waals surface area (Å²) in [5.74, 6) is 4.66. The molecule has 0 rings (SSSR count). The van der Waals surface area contributed by atoms with Crippen LogP contribution >= 0.6 is 46.8 Å².